The van der Waals surface area contributed by atoms with Crippen LogP contribution in [0, 0.1) is 0 Å². The Morgan fingerprint density at radius 1 is 1.00 bits per heavy atom. The summed E-state index contributed by atoms with van der Waals surface area (Å²) in [4.78, 5) is 0. The van der Waals surface area contributed by atoms with E-state index in [0.717, 1.165) is 12.1 Å². The highest BCUT2D eigenvalue weighted by atomic mass is 15.0. The highest BCUT2D eigenvalue weighted by Gasteiger charge is 2.17. The van der Waals surface area contributed by atoms with E-state index >= 15 is 0 Å². The molecule has 13 heavy (non-hydrogen) atoms. The van der Waals surface area contributed by atoms with Gasteiger partial charge < -0.3 is 10.6 Å². The number of rotatable bonds is 3. The van der Waals surface area contributed by atoms with E-state index in [1.54, 1.807) is 0 Å². The summed E-state index contributed by atoms with van der Waals surface area (Å²) in [5, 5.41) is 7.23. The van der Waals surface area contributed by atoms with Crippen LogP contribution >= 0.6 is 0 Å². The van der Waals surface area contributed by atoms with E-state index in [1.807, 2.05) is 0 Å². The third-order valence-electron chi connectivity index (χ3n) is 3.42. The minimum absolute atomic E-state index is 0.766. The van der Waals surface area contributed by atoms with E-state index in [1.165, 1.54) is 58.0 Å². The van der Waals surface area contributed by atoms with Crippen LogP contribution < -0.4 is 10.6 Å². The van der Waals surface area contributed by atoms with Crippen molar-refractivity contribution in [2.45, 2.75) is 57.0 Å². The van der Waals surface area contributed by atoms with Crippen molar-refractivity contribution in [3.05, 3.63) is 0 Å². The molecule has 0 spiro atoms. The lowest BCUT2D eigenvalue weighted by Crippen LogP contribution is -2.40. The predicted molar refractivity (Wildman–Crippen MR) is 55.9 cm³/mol. The third kappa shape index (κ3) is 2.96. The van der Waals surface area contributed by atoms with Crippen LogP contribution in [-0.4, -0.2) is 25.2 Å². The smallest absolute Gasteiger partial charge is 0.0193 e. The summed E-state index contributed by atoms with van der Waals surface area (Å²) in [5.74, 6) is 0. The molecule has 2 rings (SSSR count). The fourth-order valence-electron chi connectivity index (χ4n) is 2.55. The molecule has 0 amide bonds. The molecule has 0 aromatic heterocycles. The van der Waals surface area contributed by atoms with E-state index in [2.05, 4.69) is 10.6 Å². The van der Waals surface area contributed by atoms with E-state index in [9.17, 15) is 0 Å². The van der Waals surface area contributed by atoms with E-state index in [0.29, 0.717) is 0 Å². The van der Waals surface area contributed by atoms with Gasteiger partial charge in [-0.25, -0.2) is 0 Å². The van der Waals surface area contributed by atoms with Gasteiger partial charge in [0.2, 0.25) is 0 Å². The molecule has 2 fully saturated rings. The summed E-state index contributed by atoms with van der Waals surface area (Å²) in [6.45, 7) is 2.43. The molecule has 1 saturated carbocycles. The van der Waals surface area contributed by atoms with Crippen LogP contribution in [0.1, 0.15) is 44.9 Å². The maximum atomic E-state index is 3.70. The van der Waals surface area contributed by atoms with Gasteiger partial charge in [-0.05, 0) is 32.2 Å². The van der Waals surface area contributed by atoms with Crippen molar-refractivity contribution in [2.75, 3.05) is 13.1 Å². The third-order valence-corrected chi connectivity index (χ3v) is 3.42. The van der Waals surface area contributed by atoms with Gasteiger partial charge in [0.1, 0.15) is 0 Å². The monoisotopic (exact) mass is 182 g/mol. The molecule has 0 aromatic rings. The average molecular weight is 182 g/mol. The number of nitrogens with one attached hydrogen (secondary N) is 2. The summed E-state index contributed by atoms with van der Waals surface area (Å²) < 4.78 is 0. The molecule has 76 valence electrons. The Labute approximate surface area is 81.5 Å². The molecule has 1 aliphatic carbocycles. The normalized spacial score (nSPS) is 30.9. The topological polar surface area (TPSA) is 24.1 Å². The Balaban J connectivity index is 1.60. The maximum Gasteiger partial charge on any atom is 0.0193 e. The first-order valence-corrected chi connectivity index (χ1v) is 5.92. The van der Waals surface area contributed by atoms with Crippen LogP contribution in [0.5, 0.6) is 0 Å². The fourth-order valence-corrected chi connectivity index (χ4v) is 2.55. The van der Waals surface area contributed by atoms with E-state index in [4.69, 9.17) is 0 Å². The minimum Gasteiger partial charge on any atom is -0.313 e. The van der Waals surface area contributed by atoms with Crippen molar-refractivity contribution in [3.63, 3.8) is 0 Å². The Morgan fingerprint density at radius 2 is 1.85 bits per heavy atom. The molecule has 0 radical (unpaired) electrons. The predicted octanol–water partition coefficient (Wildman–Crippen LogP) is 1.66. The Kier molecular flexibility index (Phi) is 3.62. The van der Waals surface area contributed by atoms with E-state index < -0.39 is 0 Å². The first kappa shape index (κ1) is 9.47. The summed E-state index contributed by atoms with van der Waals surface area (Å²) in [5.41, 5.74) is 0. The van der Waals surface area contributed by atoms with Crippen molar-refractivity contribution >= 4 is 0 Å². The second-order valence-electron chi connectivity index (χ2n) is 4.54. The van der Waals surface area contributed by atoms with Crippen LogP contribution in [0.2, 0.25) is 0 Å². The second kappa shape index (κ2) is 4.97. The maximum absolute atomic E-state index is 3.70. The lowest BCUT2D eigenvalue weighted by atomic mass is 9.95. The molecule has 1 saturated heterocycles. The van der Waals surface area contributed by atoms with Gasteiger partial charge in [-0.3, -0.25) is 0 Å². The molecule has 1 aliphatic heterocycles. The molecule has 2 nitrogen and oxygen atoms in total. The highest BCUT2D eigenvalue weighted by Crippen LogP contribution is 2.17. The zero-order chi connectivity index (χ0) is 8.93. The molecule has 2 N–H and O–H groups in total. The van der Waals surface area contributed by atoms with Crippen molar-refractivity contribution in [1.82, 2.24) is 10.6 Å². The summed E-state index contributed by atoms with van der Waals surface area (Å²) in [7, 11) is 0. The molecule has 1 atom stereocenters. The Hall–Kier alpha value is -0.0800. The minimum atomic E-state index is 0.766. The van der Waals surface area contributed by atoms with Gasteiger partial charge in [-0.1, -0.05) is 19.3 Å². The van der Waals surface area contributed by atoms with Gasteiger partial charge in [0.15, 0.2) is 0 Å². The standard InChI is InChI=1S/C11H22N2/c1-2-5-10(6-3-1)13-9-11-7-4-8-12-11/h10-13H,1-9H2/t11-/m0/s1. The van der Waals surface area contributed by atoms with E-state index in [-0.39, 0.29) is 0 Å². The van der Waals surface area contributed by atoms with Crippen molar-refractivity contribution < 1.29 is 0 Å². The fraction of sp³-hybridized carbons (Fsp3) is 1.00. The van der Waals surface area contributed by atoms with Gasteiger partial charge in [-0.2, -0.15) is 0 Å². The first-order valence-electron chi connectivity index (χ1n) is 5.92. The summed E-state index contributed by atoms with van der Waals surface area (Å²) in [6.07, 6.45) is 9.90. The molecule has 1 heterocycles. The van der Waals surface area contributed by atoms with Crippen molar-refractivity contribution in [3.8, 4) is 0 Å². The highest BCUT2D eigenvalue weighted by molar-refractivity contribution is 4.79. The molecule has 0 unspecified atom stereocenters. The van der Waals surface area contributed by atoms with Crippen LogP contribution in [0.15, 0.2) is 0 Å². The zero-order valence-electron chi connectivity index (χ0n) is 8.52. The van der Waals surface area contributed by atoms with Crippen LogP contribution in [0.25, 0.3) is 0 Å². The van der Waals surface area contributed by atoms with Gasteiger partial charge >= 0.3 is 0 Å². The molecule has 2 aliphatic rings. The second-order valence-corrected chi connectivity index (χ2v) is 4.54. The Bertz CT molecular complexity index is 135. The molecular weight excluding hydrogens is 160 g/mol. The molecule has 0 aromatic carbocycles. The van der Waals surface area contributed by atoms with Crippen LogP contribution in [0.4, 0.5) is 0 Å². The Morgan fingerprint density at radius 3 is 2.54 bits per heavy atom. The summed E-state index contributed by atoms with van der Waals surface area (Å²) in [6, 6.07) is 1.60. The lowest BCUT2D eigenvalue weighted by Gasteiger charge is -2.24. The molecule has 2 heteroatoms. The SMILES string of the molecule is C1CCC(NC[C@@H]2CCCN2)CC1. The van der Waals surface area contributed by atoms with Gasteiger partial charge in [0.05, 0.1) is 0 Å². The lowest BCUT2D eigenvalue weighted by molar-refractivity contribution is 0.359. The summed E-state index contributed by atoms with van der Waals surface area (Å²) >= 11 is 0. The zero-order valence-corrected chi connectivity index (χ0v) is 8.52. The van der Waals surface area contributed by atoms with Gasteiger partial charge in [0.25, 0.3) is 0 Å². The molecular formula is C11H22N2. The quantitative estimate of drug-likeness (QED) is 0.693. The largest absolute Gasteiger partial charge is 0.313 e. The van der Waals surface area contributed by atoms with Gasteiger partial charge in [-0.15, -0.1) is 0 Å². The average Bonchev–Trinajstić information content (AvgIpc) is 2.69. The van der Waals surface area contributed by atoms with Gasteiger partial charge in [0, 0.05) is 18.6 Å². The number of hydrogen-bond acceptors (Lipinski definition) is 2. The van der Waals surface area contributed by atoms with Crippen molar-refractivity contribution in [2.24, 2.45) is 0 Å². The first-order chi connectivity index (χ1) is 6.45. The van der Waals surface area contributed by atoms with Crippen LogP contribution in [0.3, 0.4) is 0 Å². The molecule has 0 bridgehead atoms. The van der Waals surface area contributed by atoms with Crippen molar-refractivity contribution in [1.29, 1.82) is 0 Å². The number of hydrogen-bond donors (Lipinski definition) is 2. The van der Waals surface area contributed by atoms with Crippen LogP contribution in [-0.2, 0) is 0 Å².